The Labute approximate surface area is 105 Å². The number of nitrogens with one attached hydrogen (secondary N) is 1. The first-order valence-electron chi connectivity index (χ1n) is 5.72. The molecule has 0 saturated carbocycles. The molecule has 1 aliphatic rings. The normalized spacial score (nSPS) is 14.1. The first-order chi connectivity index (χ1) is 8.22. The molecule has 0 unspecified atom stereocenters. The molecule has 3 nitrogen and oxygen atoms in total. The number of ketones is 1. The van der Waals surface area contributed by atoms with Gasteiger partial charge >= 0.3 is 0 Å². The largest absolute Gasteiger partial charge is 0.352 e. The molecular weight excluding hydrogens is 238 g/mol. The van der Waals surface area contributed by atoms with Gasteiger partial charge in [-0.2, -0.15) is 0 Å². The standard InChI is InChI=1S/C13H14ClNO2/c14-6-1-2-12(16)10-4-3-9-5-7-15-13(17)11(9)8-10/h3-4,8H,1-2,5-7H2,(H,15,17). The van der Waals surface area contributed by atoms with E-state index in [1.807, 2.05) is 6.07 Å². The molecule has 90 valence electrons. The summed E-state index contributed by atoms with van der Waals surface area (Å²) in [7, 11) is 0. The summed E-state index contributed by atoms with van der Waals surface area (Å²) in [5, 5.41) is 2.78. The summed E-state index contributed by atoms with van der Waals surface area (Å²) in [6, 6.07) is 5.37. The summed E-state index contributed by atoms with van der Waals surface area (Å²) in [5.74, 6) is 0.446. The van der Waals surface area contributed by atoms with E-state index in [0.29, 0.717) is 36.4 Å². The van der Waals surface area contributed by atoms with Gasteiger partial charge in [-0.1, -0.05) is 12.1 Å². The minimum absolute atomic E-state index is 0.0480. The van der Waals surface area contributed by atoms with Crippen LogP contribution < -0.4 is 5.32 Å². The van der Waals surface area contributed by atoms with Crippen molar-refractivity contribution in [2.75, 3.05) is 12.4 Å². The van der Waals surface area contributed by atoms with E-state index in [9.17, 15) is 9.59 Å². The maximum absolute atomic E-state index is 11.8. The first kappa shape index (κ1) is 12.1. The Morgan fingerprint density at radius 3 is 3.00 bits per heavy atom. The smallest absolute Gasteiger partial charge is 0.251 e. The summed E-state index contributed by atoms with van der Waals surface area (Å²) in [6.45, 7) is 0.672. The Balaban J connectivity index is 2.23. The number of hydrogen-bond donors (Lipinski definition) is 1. The van der Waals surface area contributed by atoms with Gasteiger partial charge in [-0.15, -0.1) is 11.6 Å². The molecule has 0 fully saturated rings. The average Bonchev–Trinajstić information content (AvgIpc) is 2.36. The van der Waals surface area contributed by atoms with Gasteiger partial charge < -0.3 is 5.32 Å². The molecule has 1 aromatic carbocycles. The van der Waals surface area contributed by atoms with Crippen molar-refractivity contribution in [2.45, 2.75) is 19.3 Å². The van der Waals surface area contributed by atoms with Gasteiger partial charge in [-0.05, 0) is 24.5 Å². The van der Waals surface area contributed by atoms with Gasteiger partial charge in [0.15, 0.2) is 5.78 Å². The molecule has 0 aliphatic carbocycles. The second-order valence-electron chi connectivity index (χ2n) is 4.09. The maximum atomic E-state index is 11.8. The highest BCUT2D eigenvalue weighted by Gasteiger charge is 2.18. The summed E-state index contributed by atoms with van der Waals surface area (Å²) in [4.78, 5) is 23.4. The highest BCUT2D eigenvalue weighted by molar-refractivity contribution is 6.18. The second-order valence-corrected chi connectivity index (χ2v) is 4.47. The minimum Gasteiger partial charge on any atom is -0.352 e. The lowest BCUT2D eigenvalue weighted by Gasteiger charge is -2.16. The molecule has 2 rings (SSSR count). The summed E-state index contributed by atoms with van der Waals surface area (Å²) < 4.78 is 0. The van der Waals surface area contributed by atoms with E-state index in [2.05, 4.69) is 5.32 Å². The van der Waals surface area contributed by atoms with Crippen molar-refractivity contribution in [3.8, 4) is 0 Å². The van der Waals surface area contributed by atoms with Crippen LogP contribution in [0.5, 0.6) is 0 Å². The zero-order chi connectivity index (χ0) is 12.3. The number of rotatable bonds is 4. The lowest BCUT2D eigenvalue weighted by molar-refractivity contribution is 0.0946. The number of carbonyl (C=O) groups excluding carboxylic acids is 2. The van der Waals surface area contributed by atoms with Gasteiger partial charge in [-0.3, -0.25) is 9.59 Å². The van der Waals surface area contributed by atoms with Crippen molar-refractivity contribution in [1.82, 2.24) is 5.32 Å². The predicted molar refractivity (Wildman–Crippen MR) is 66.8 cm³/mol. The lowest BCUT2D eigenvalue weighted by Crippen LogP contribution is -2.32. The van der Waals surface area contributed by atoms with Gasteiger partial charge in [-0.25, -0.2) is 0 Å². The van der Waals surface area contributed by atoms with E-state index in [1.54, 1.807) is 12.1 Å². The van der Waals surface area contributed by atoms with Crippen LogP contribution in [0.4, 0.5) is 0 Å². The van der Waals surface area contributed by atoms with Crippen LogP contribution >= 0.6 is 11.6 Å². The van der Waals surface area contributed by atoms with Crippen LogP contribution in [0.25, 0.3) is 0 Å². The van der Waals surface area contributed by atoms with E-state index in [0.717, 1.165) is 12.0 Å². The van der Waals surface area contributed by atoms with Crippen molar-refractivity contribution in [2.24, 2.45) is 0 Å². The maximum Gasteiger partial charge on any atom is 0.251 e. The number of alkyl halides is 1. The van der Waals surface area contributed by atoms with E-state index >= 15 is 0 Å². The molecule has 0 saturated heterocycles. The van der Waals surface area contributed by atoms with E-state index < -0.39 is 0 Å². The quantitative estimate of drug-likeness (QED) is 0.659. The molecule has 1 amide bonds. The highest BCUT2D eigenvalue weighted by Crippen LogP contribution is 2.17. The predicted octanol–water partition coefficient (Wildman–Crippen LogP) is 2.17. The molecule has 0 atom stereocenters. The average molecular weight is 252 g/mol. The fourth-order valence-corrected chi connectivity index (χ4v) is 2.09. The third-order valence-corrected chi connectivity index (χ3v) is 3.16. The van der Waals surface area contributed by atoms with Crippen molar-refractivity contribution in [3.63, 3.8) is 0 Å². The number of amides is 1. The second kappa shape index (κ2) is 5.32. The van der Waals surface area contributed by atoms with Crippen LogP contribution in [0.1, 0.15) is 39.1 Å². The van der Waals surface area contributed by atoms with Gasteiger partial charge in [0.25, 0.3) is 5.91 Å². The Hall–Kier alpha value is -1.35. The number of Topliss-reactive ketones (excluding diaryl/α,β-unsaturated/α-hetero) is 1. The fraction of sp³-hybridized carbons (Fsp3) is 0.385. The third kappa shape index (κ3) is 2.67. The Bertz CT molecular complexity index is 457. The van der Waals surface area contributed by atoms with Gasteiger partial charge in [0.1, 0.15) is 0 Å². The van der Waals surface area contributed by atoms with Crippen LogP contribution in [-0.4, -0.2) is 24.1 Å². The zero-order valence-corrected chi connectivity index (χ0v) is 10.2. The highest BCUT2D eigenvalue weighted by atomic mass is 35.5. The van der Waals surface area contributed by atoms with Gasteiger partial charge in [0, 0.05) is 30.0 Å². The summed E-state index contributed by atoms with van der Waals surface area (Å²) in [5.41, 5.74) is 2.25. The molecule has 1 aliphatic heterocycles. The molecular formula is C13H14ClNO2. The van der Waals surface area contributed by atoms with Gasteiger partial charge in [0.05, 0.1) is 0 Å². The molecule has 4 heteroatoms. The molecule has 1 N–H and O–H groups in total. The van der Waals surface area contributed by atoms with E-state index in [1.165, 1.54) is 0 Å². The zero-order valence-electron chi connectivity index (χ0n) is 9.46. The molecule has 0 aromatic heterocycles. The van der Waals surface area contributed by atoms with Crippen LogP contribution in [0.15, 0.2) is 18.2 Å². The molecule has 1 aromatic rings. The number of hydrogen-bond acceptors (Lipinski definition) is 2. The van der Waals surface area contributed by atoms with Gasteiger partial charge in [0.2, 0.25) is 0 Å². The van der Waals surface area contributed by atoms with Crippen molar-refractivity contribution < 1.29 is 9.59 Å². The third-order valence-electron chi connectivity index (χ3n) is 2.89. The monoisotopic (exact) mass is 251 g/mol. The van der Waals surface area contributed by atoms with Crippen molar-refractivity contribution in [3.05, 3.63) is 34.9 Å². The fourth-order valence-electron chi connectivity index (χ4n) is 1.96. The number of fused-ring (bicyclic) bond motifs is 1. The molecule has 17 heavy (non-hydrogen) atoms. The number of carbonyl (C=O) groups is 2. The minimum atomic E-state index is -0.0850. The van der Waals surface area contributed by atoms with Crippen LogP contribution in [0, 0.1) is 0 Å². The Morgan fingerprint density at radius 2 is 2.24 bits per heavy atom. The molecule has 0 radical (unpaired) electrons. The molecule has 0 spiro atoms. The van der Waals surface area contributed by atoms with E-state index in [4.69, 9.17) is 11.6 Å². The first-order valence-corrected chi connectivity index (χ1v) is 6.26. The van der Waals surface area contributed by atoms with Crippen LogP contribution in [0.3, 0.4) is 0 Å². The lowest BCUT2D eigenvalue weighted by atomic mass is 9.95. The Morgan fingerprint density at radius 1 is 1.41 bits per heavy atom. The van der Waals surface area contributed by atoms with E-state index in [-0.39, 0.29) is 11.7 Å². The topological polar surface area (TPSA) is 46.2 Å². The number of halogens is 1. The molecule has 1 heterocycles. The molecule has 0 bridgehead atoms. The van der Waals surface area contributed by atoms with Crippen LogP contribution in [-0.2, 0) is 6.42 Å². The number of benzene rings is 1. The SMILES string of the molecule is O=C(CCCCl)c1ccc2c(c1)C(=O)NCC2. The summed E-state index contributed by atoms with van der Waals surface area (Å²) in [6.07, 6.45) is 1.94. The van der Waals surface area contributed by atoms with Crippen molar-refractivity contribution in [1.29, 1.82) is 0 Å². The Kier molecular flexibility index (Phi) is 3.79. The van der Waals surface area contributed by atoms with Crippen LogP contribution in [0.2, 0.25) is 0 Å². The van der Waals surface area contributed by atoms with Crippen molar-refractivity contribution >= 4 is 23.3 Å². The summed E-state index contributed by atoms with van der Waals surface area (Å²) >= 11 is 5.56.